The molecule has 0 spiro atoms. The number of nitrogens with zero attached hydrogens (tertiary/aromatic N) is 1. The Balaban J connectivity index is 2.49. The lowest BCUT2D eigenvalue weighted by atomic mass is 9.98. The Morgan fingerprint density at radius 3 is 2.39 bits per heavy atom. The van der Waals surface area contributed by atoms with E-state index in [1.54, 1.807) is 12.1 Å². The Morgan fingerprint density at radius 1 is 1.13 bits per heavy atom. The van der Waals surface area contributed by atoms with Gasteiger partial charge in [-0.1, -0.05) is 29.8 Å². The van der Waals surface area contributed by atoms with E-state index in [1.165, 1.54) is 30.3 Å². The van der Waals surface area contributed by atoms with Crippen molar-refractivity contribution in [3.63, 3.8) is 0 Å². The lowest BCUT2D eigenvalue weighted by molar-refractivity contribution is 0.0693. The molecule has 7 heteroatoms. The van der Waals surface area contributed by atoms with Gasteiger partial charge in [-0.15, -0.1) is 11.6 Å². The maximum atomic E-state index is 12.6. The van der Waals surface area contributed by atoms with Crippen molar-refractivity contribution in [3.8, 4) is 0 Å². The Kier molecular flexibility index (Phi) is 5.36. The van der Waals surface area contributed by atoms with Gasteiger partial charge < -0.3 is 10.8 Å². The second kappa shape index (κ2) is 7.26. The number of alkyl halides is 1. The van der Waals surface area contributed by atoms with Gasteiger partial charge in [0.25, 0.3) is 0 Å². The lowest BCUT2D eigenvalue weighted by Gasteiger charge is -2.07. The Morgan fingerprint density at radius 2 is 1.78 bits per heavy atom. The molecule has 5 nitrogen and oxygen atoms in total. The predicted octanol–water partition coefficient (Wildman–Crippen LogP) is 3.50. The first-order valence-corrected chi connectivity index (χ1v) is 7.41. The van der Waals surface area contributed by atoms with Crippen molar-refractivity contribution in [2.45, 2.75) is 0 Å². The van der Waals surface area contributed by atoms with Gasteiger partial charge >= 0.3 is 5.97 Å². The van der Waals surface area contributed by atoms with Crippen LogP contribution in [0.25, 0.3) is 0 Å². The van der Waals surface area contributed by atoms with Gasteiger partial charge in [0.15, 0.2) is 5.78 Å². The van der Waals surface area contributed by atoms with Crippen molar-refractivity contribution in [1.82, 2.24) is 0 Å². The summed E-state index contributed by atoms with van der Waals surface area (Å²) in [7, 11) is 0. The molecule has 0 aliphatic rings. The van der Waals surface area contributed by atoms with E-state index >= 15 is 0 Å². The van der Waals surface area contributed by atoms with E-state index in [9.17, 15) is 14.7 Å². The highest BCUT2D eigenvalue weighted by Gasteiger charge is 2.18. The fourth-order valence-electron chi connectivity index (χ4n) is 1.95. The number of carboxylic acids is 1. The maximum absolute atomic E-state index is 12.6. The summed E-state index contributed by atoms with van der Waals surface area (Å²) in [6.45, 7) is 0. The molecular formula is C16H12Cl2N2O3. The molecule has 0 aromatic heterocycles. The number of aliphatic imine (C=N–C) groups is 1. The summed E-state index contributed by atoms with van der Waals surface area (Å²) in [5.74, 6) is -1.44. The summed E-state index contributed by atoms with van der Waals surface area (Å²) < 4.78 is 0. The molecule has 0 atom stereocenters. The van der Waals surface area contributed by atoms with Gasteiger partial charge in [0, 0.05) is 11.1 Å². The zero-order chi connectivity index (χ0) is 17.0. The van der Waals surface area contributed by atoms with E-state index < -0.39 is 11.8 Å². The molecule has 0 fully saturated rings. The summed E-state index contributed by atoms with van der Waals surface area (Å²) in [6, 6.07) is 10.4. The molecule has 118 valence electrons. The minimum Gasteiger partial charge on any atom is -0.478 e. The van der Waals surface area contributed by atoms with Gasteiger partial charge in [-0.05, 0) is 24.3 Å². The predicted molar refractivity (Wildman–Crippen MR) is 90.3 cm³/mol. The number of aromatic carboxylic acids is 1. The fourth-order valence-corrected chi connectivity index (χ4v) is 2.17. The van der Waals surface area contributed by atoms with Crippen LogP contribution in [0.15, 0.2) is 47.5 Å². The topological polar surface area (TPSA) is 92.8 Å². The smallest absolute Gasteiger partial charge is 0.336 e. The zero-order valence-electron chi connectivity index (χ0n) is 11.8. The quantitative estimate of drug-likeness (QED) is 0.373. The van der Waals surface area contributed by atoms with Gasteiger partial charge in [0.2, 0.25) is 0 Å². The molecule has 0 saturated carbocycles. The Bertz CT molecular complexity index is 804. The number of amidine groups is 1. The molecule has 0 amide bonds. The Hall–Kier alpha value is -2.37. The number of hydrogen-bond acceptors (Lipinski definition) is 3. The van der Waals surface area contributed by atoms with Crippen LogP contribution in [0.1, 0.15) is 26.3 Å². The summed E-state index contributed by atoms with van der Waals surface area (Å²) >= 11 is 11.6. The number of carbonyl (C=O) groups is 2. The highest BCUT2D eigenvalue weighted by molar-refractivity contribution is 6.33. The van der Waals surface area contributed by atoms with Crippen LogP contribution in [0.5, 0.6) is 0 Å². The van der Waals surface area contributed by atoms with Gasteiger partial charge in [-0.2, -0.15) is 0 Å². The number of nitrogens with two attached hydrogens (primary N) is 1. The molecule has 2 aromatic rings. The van der Waals surface area contributed by atoms with E-state index in [-0.39, 0.29) is 28.4 Å². The van der Waals surface area contributed by atoms with Gasteiger partial charge in [0.1, 0.15) is 5.84 Å². The largest absolute Gasteiger partial charge is 0.478 e. The van der Waals surface area contributed by atoms with Crippen LogP contribution >= 0.6 is 23.2 Å². The van der Waals surface area contributed by atoms with E-state index in [0.717, 1.165) is 0 Å². The molecule has 23 heavy (non-hydrogen) atoms. The zero-order valence-corrected chi connectivity index (χ0v) is 13.3. The number of rotatable bonds is 5. The highest BCUT2D eigenvalue weighted by Crippen LogP contribution is 2.27. The molecule has 3 N–H and O–H groups in total. The number of hydrogen-bond donors (Lipinski definition) is 2. The summed E-state index contributed by atoms with van der Waals surface area (Å²) in [5, 5.41) is 9.49. The van der Waals surface area contributed by atoms with Crippen LogP contribution < -0.4 is 5.73 Å². The summed E-state index contributed by atoms with van der Waals surface area (Å²) in [4.78, 5) is 27.8. The molecular weight excluding hydrogens is 339 g/mol. The molecule has 2 aromatic carbocycles. The third-order valence-electron chi connectivity index (χ3n) is 3.01. The average molecular weight is 351 g/mol. The number of carbonyl (C=O) groups excluding carboxylic acids is 1. The van der Waals surface area contributed by atoms with Crippen LogP contribution in [0.4, 0.5) is 5.69 Å². The third kappa shape index (κ3) is 3.88. The first-order valence-electron chi connectivity index (χ1n) is 6.49. The highest BCUT2D eigenvalue weighted by atomic mass is 35.5. The van der Waals surface area contributed by atoms with Crippen molar-refractivity contribution in [2.75, 3.05) is 5.88 Å². The van der Waals surface area contributed by atoms with E-state index in [1.807, 2.05) is 0 Å². The van der Waals surface area contributed by atoms with Crippen molar-refractivity contribution in [3.05, 3.63) is 64.2 Å². The first kappa shape index (κ1) is 17.0. The van der Waals surface area contributed by atoms with Crippen LogP contribution in [-0.4, -0.2) is 28.6 Å². The molecule has 2 rings (SSSR count). The summed E-state index contributed by atoms with van der Waals surface area (Å²) in [6.07, 6.45) is 0. The van der Waals surface area contributed by atoms with Crippen LogP contribution in [0.3, 0.4) is 0 Å². The molecule has 0 unspecified atom stereocenters. The van der Waals surface area contributed by atoms with Crippen molar-refractivity contribution < 1.29 is 14.7 Å². The second-order valence-electron chi connectivity index (χ2n) is 4.58. The van der Waals surface area contributed by atoms with Crippen LogP contribution in [-0.2, 0) is 0 Å². The van der Waals surface area contributed by atoms with Crippen molar-refractivity contribution >= 4 is 46.5 Å². The minimum absolute atomic E-state index is 0.0242. The van der Waals surface area contributed by atoms with Crippen molar-refractivity contribution in [1.29, 1.82) is 0 Å². The molecule has 0 radical (unpaired) electrons. The normalized spacial score (nSPS) is 11.3. The van der Waals surface area contributed by atoms with E-state index in [2.05, 4.69) is 4.99 Å². The average Bonchev–Trinajstić information content (AvgIpc) is 2.56. The van der Waals surface area contributed by atoms with E-state index in [0.29, 0.717) is 10.7 Å². The molecule has 0 heterocycles. The maximum Gasteiger partial charge on any atom is 0.336 e. The molecule has 0 aliphatic heterocycles. The van der Waals surface area contributed by atoms with E-state index in [4.69, 9.17) is 28.9 Å². The summed E-state index contributed by atoms with van der Waals surface area (Å²) in [5.41, 5.74) is 6.13. The second-order valence-corrected chi connectivity index (χ2v) is 5.26. The Labute approximate surface area is 142 Å². The molecule has 0 aliphatic carbocycles. The number of halogens is 2. The standard InChI is InChI=1S/C16H12Cl2N2O3/c17-8-14(19)20-13-7-9(5-6-12(13)18)15(21)10-3-1-2-4-11(10)16(22)23/h1-7H,8H2,(H2,19,20)(H,22,23). The molecule has 0 bridgehead atoms. The minimum atomic E-state index is -1.17. The number of carboxylic acid groups (broad SMARTS) is 1. The lowest BCUT2D eigenvalue weighted by Crippen LogP contribution is -2.12. The van der Waals surface area contributed by atoms with Gasteiger partial charge in [0.05, 0.1) is 22.2 Å². The van der Waals surface area contributed by atoms with Gasteiger partial charge in [-0.25, -0.2) is 9.79 Å². The third-order valence-corrected chi connectivity index (χ3v) is 3.60. The van der Waals surface area contributed by atoms with Crippen LogP contribution in [0.2, 0.25) is 5.02 Å². The first-order chi connectivity index (χ1) is 10.9. The fraction of sp³-hybridized carbons (Fsp3) is 0.0625. The molecule has 0 saturated heterocycles. The van der Waals surface area contributed by atoms with Gasteiger partial charge in [-0.3, -0.25) is 4.79 Å². The van der Waals surface area contributed by atoms with Crippen molar-refractivity contribution in [2.24, 2.45) is 10.7 Å². The SMILES string of the molecule is NC(CCl)=Nc1cc(C(=O)c2ccccc2C(=O)O)ccc1Cl. The number of benzene rings is 2. The monoisotopic (exact) mass is 350 g/mol. The number of ketones is 1. The van der Waals surface area contributed by atoms with Crippen LogP contribution in [0, 0.1) is 0 Å².